The van der Waals surface area contributed by atoms with E-state index in [9.17, 15) is 13.6 Å². The first-order chi connectivity index (χ1) is 17.8. The van der Waals surface area contributed by atoms with Crippen molar-refractivity contribution in [3.63, 3.8) is 0 Å². The first-order valence-electron chi connectivity index (χ1n) is 12.3. The Morgan fingerprint density at radius 1 is 1.16 bits per heavy atom. The minimum atomic E-state index is -1.17. The molecule has 3 atom stereocenters. The largest absolute Gasteiger partial charge is 0.352 e. The fraction of sp³-hybridized carbons (Fsp3) is 0.500. The van der Waals surface area contributed by atoms with Crippen LogP contribution in [0.2, 0.25) is 0 Å². The molecule has 11 nitrogen and oxygen atoms in total. The van der Waals surface area contributed by atoms with E-state index in [1.807, 2.05) is 6.92 Å². The van der Waals surface area contributed by atoms with E-state index >= 15 is 0 Å². The van der Waals surface area contributed by atoms with Gasteiger partial charge in [-0.05, 0) is 25.8 Å². The minimum absolute atomic E-state index is 0.00421. The molecule has 0 aromatic carbocycles. The van der Waals surface area contributed by atoms with Gasteiger partial charge in [-0.1, -0.05) is 13.8 Å². The quantitative estimate of drug-likeness (QED) is 0.388. The third-order valence-electron chi connectivity index (χ3n) is 7.29. The molecule has 0 amide bonds. The number of rotatable bonds is 6. The van der Waals surface area contributed by atoms with Crippen molar-refractivity contribution in [1.82, 2.24) is 38.7 Å². The number of nitriles is 1. The molecule has 4 aromatic heterocycles. The third kappa shape index (κ3) is 4.11. The van der Waals surface area contributed by atoms with Gasteiger partial charge in [-0.25, -0.2) is 14.3 Å². The molecule has 0 bridgehead atoms. The summed E-state index contributed by atoms with van der Waals surface area (Å²) in [7, 11) is 1.64. The number of nitrogens with zero attached hydrogens (tertiary/aromatic N) is 10. The van der Waals surface area contributed by atoms with Crippen LogP contribution in [0.3, 0.4) is 0 Å². The normalized spacial score (nSPS) is 19.5. The number of aryl methyl sites for hydroxylation is 1. The fourth-order valence-electron chi connectivity index (χ4n) is 5.16. The van der Waals surface area contributed by atoms with Gasteiger partial charge in [0, 0.05) is 50.5 Å². The first kappa shape index (κ1) is 24.8. The van der Waals surface area contributed by atoms with E-state index in [4.69, 9.17) is 5.26 Å². The molecule has 5 heterocycles. The van der Waals surface area contributed by atoms with E-state index in [0.717, 1.165) is 17.4 Å². The predicted octanol–water partition coefficient (Wildman–Crippen LogP) is 2.26. The van der Waals surface area contributed by atoms with Crippen molar-refractivity contribution in [3.8, 4) is 6.07 Å². The average Bonchev–Trinajstić information content (AvgIpc) is 3.45. The van der Waals surface area contributed by atoms with Crippen LogP contribution >= 0.6 is 0 Å². The molecular weight excluding hydrogens is 482 g/mol. The van der Waals surface area contributed by atoms with E-state index in [1.54, 1.807) is 23.7 Å². The number of fused-ring (bicyclic) bond motifs is 2. The van der Waals surface area contributed by atoms with Gasteiger partial charge in [-0.2, -0.15) is 28.6 Å². The van der Waals surface area contributed by atoms with E-state index in [0.29, 0.717) is 36.1 Å². The van der Waals surface area contributed by atoms with Crippen molar-refractivity contribution >= 4 is 17.2 Å². The van der Waals surface area contributed by atoms with Crippen LogP contribution in [0.15, 0.2) is 23.1 Å². The van der Waals surface area contributed by atoms with Crippen LogP contribution in [0.1, 0.15) is 51.0 Å². The lowest BCUT2D eigenvalue weighted by atomic mass is 9.99. The molecule has 0 aliphatic carbocycles. The summed E-state index contributed by atoms with van der Waals surface area (Å²) in [5.41, 5.74) is 1.24. The zero-order valence-electron chi connectivity index (χ0n) is 21.1. The van der Waals surface area contributed by atoms with Crippen LogP contribution in [0, 0.1) is 23.1 Å². The van der Waals surface area contributed by atoms with Gasteiger partial charge >= 0.3 is 5.69 Å². The molecule has 0 saturated carbocycles. The molecule has 1 fully saturated rings. The van der Waals surface area contributed by atoms with Gasteiger partial charge in [-0.15, -0.1) is 5.10 Å². The molecule has 0 radical (unpaired) electrons. The zero-order valence-corrected chi connectivity index (χ0v) is 21.1. The summed E-state index contributed by atoms with van der Waals surface area (Å²) in [5, 5.41) is 17.2. The Bertz CT molecular complexity index is 1570. The Balaban J connectivity index is 1.51. The summed E-state index contributed by atoms with van der Waals surface area (Å²) < 4.78 is 32.0. The lowest BCUT2D eigenvalue weighted by molar-refractivity contribution is 0.0979. The maximum absolute atomic E-state index is 14.2. The SMILES string of the molecule is CC[C@H]1CN(C(C)c2ccn3nc(F)c(F)c3n2)[C@H](CC)CN1c1nc(=O)n(C)c2cc(CC#N)nn12. The molecule has 4 aromatic rings. The van der Waals surface area contributed by atoms with Crippen molar-refractivity contribution in [2.24, 2.45) is 7.05 Å². The molecule has 1 saturated heterocycles. The molecule has 37 heavy (non-hydrogen) atoms. The number of anilines is 1. The number of hydrogen-bond donors (Lipinski definition) is 0. The lowest BCUT2D eigenvalue weighted by Gasteiger charge is -2.48. The second-order valence-electron chi connectivity index (χ2n) is 9.37. The maximum atomic E-state index is 14.2. The lowest BCUT2D eigenvalue weighted by Crippen LogP contribution is -2.59. The van der Waals surface area contributed by atoms with E-state index in [2.05, 4.69) is 49.9 Å². The first-order valence-corrected chi connectivity index (χ1v) is 12.3. The summed E-state index contributed by atoms with van der Waals surface area (Å²) in [6.07, 6.45) is 3.24. The van der Waals surface area contributed by atoms with Crippen molar-refractivity contribution in [3.05, 3.63) is 52.0 Å². The Morgan fingerprint density at radius 3 is 2.62 bits per heavy atom. The van der Waals surface area contributed by atoms with Crippen molar-refractivity contribution in [2.75, 3.05) is 18.0 Å². The number of hydrogen-bond acceptors (Lipinski definition) is 8. The van der Waals surface area contributed by atoms with Gasteiger partial charge in [0.25, 0.3) is 5.95 Å². The molecule has 1 unspecified atom stereocenters. The van der Waals surface area contributed by atoms with Gasteiger partial charge in [0.05, 0.1) is 23.9 Å². The summed E-state index contributed by atoms with van der Waals surface area (Å²) >= 11 is 0. The van der Waals surface area contributed by atoms with E-state index in [1.165, 1.54) is 10.8 Å². The number of halogens is 2. The second kappa shape index (κ2) is 9.51. The van der Waals surface area contributed by atoms with Gasteiger partial charge in [-0.3, -0.25) is 9.47 Å². The molecule has 194 valence electrons. The monoisotopic (exact) mass is 510 g/mol. The summed E-state index contributed by atoms with van der Waals surface area (Å²) in [6.45, 7) is 7.39. The van der Waals surface area contributed by atoms with Crippen molar-refractivity contribution in [1.29, 1.82) is 5.26 Å². The van der Waals surface area contributed by atoms with Gasteiger partial charge in [0.15, 0.2) is 5.65 Å². The highest BCUT2D eigenvalue weighted by Crippen LogP contribution is 2.31. The Kier molecular flexibility index (Phi) is 6.36. The minimum Gasteiger partial charge on any atom is -0.335 e. The smallest absolute Gasteiger partial charge is 0.335 e. The Hall–Kier alpha value is -3.92. The van der Waals surface area contributed by atoms with Crippen LogP contribution in [0.5, 0.6) is 0 Å². The number of piperazine rings is 1. The third-order valence-corrected chi connectivity index (χ3v) is 7.29. The van der Waals surface area contributed by atoms with Crippen LogP contribution in [-0.4, -0.2) is 63.8 Å². The molecule has 1 aliphatic rings. The fourth-order valence-corrected chi connectivity index (χ4v) is 5.16. The predicted molar refractivity (Wildman–Crippen MR) is 131 cm³/mol. The highest BCUT2D eigenvalue weighted by Gasteiger charge is 2.37. The zero-order chi connectivity index (χ0) is 26.4. The van der Waals surface area contributed by atoms with Crippen molar-refractivity contribution in [2.45, 2.75) is 58.2 Å². The van der Waals surface area contributed by atoms with Gasteiger partial charge in [0.2, 0.25) is 11.8 Å². The standard InChI is InChI=1S/C24H28F2N10O/c1-5-16-13-34(23-29-24(37)32(4)19-11-15(7-9-27)30-36(19)23)17(6-2)12-33(16)14(3)18-8-10-35-22(28-18)20(25)21(26)31-35/h8,10-11,14,16-17H,5-7,12-13H2,1-4H3/t14?,16-,17+/m1/s1. The van der Waals surface area contributed by atoms with E-state index in [-0.39, 0.29) is 30.2 Å². The molecule has 1 aliphatic heterocycles. The van der Waals surface area contributed by atoms with Crippen LogP contribution in [0.25, 0.3) is 11.3 Å². The van der Waals surface area contributed by atoms with Crippen LogP contribution in [-0.2, 0) is 13.5 Å². The van der Waals surface area contributed by atoms with Crippen molar-refractivity contribution < 1.29 is 8.78 Å². The summed E-state index contributed by atoms with van der Waals surface area (Å²) in [4.78, 5) is 25.9. The van der Waals surface area contributed by atoms with Crippen LogP contribution < -0.4 is 10.6 Å². The second-order valence-corrected chi connectivity index (χ2v) is 9.37. The molecule has 5 rings (SSSR count). The highest BCUT2D eigenvalue weighted by atomic mass is 19.2. The topological polar surface area (TPSA) is 113 Å². The molecule has 0 N–H and O–H groups in total. The van der Waals surface area contributed by atoms with E-state index < -0.39 is 17.5 Å². The summed E-state index contributed by atoms with van der Waals surface area (Å²) in [6, 6.07) is 5.48. The summed E-state index contributed by atoms with van der Waals surface area (Å²) in [5.74, 6) is -1.78. The molecule has 13 heteroatoms. The molecular formula is C24H28F2N10O. The number of aromatic nitrogens is 7. The highest BCUT2D eigenvalue weighted by molar-refractivity contribution is 5.48. The maximum Gasteiger partial charge on any atom is 0.352 e. The Morgan fingerprint density at radius 2 is 1.92 bits per heavy atom. The average molecular weight is 511 g/mol. The van der Waals surface area contributed by atoms with Gasteiger partial charge < -0.3 is 4.90 Å². The van der Waals surface area contributed by atoms with Crippen LogP contribution in [0.4, 0.5) is 14.7 Å². The molecule has 0 spiro atoms. The van der Waals surface area contributed by atoms with Gasteiger partial charge in [0.1, 0.15) is 5.65 Å². The Labute approximate surface area is 211 Å².